The van der Waals surface area contributed by atoms with Crippen molar-refractivity contribution in [3.63, 3.8) is 0 Å². The Morgan fingerprint density at radius 1 is 0.968 bits per heavy atom. The van der Waals surface area contributed by atoms with E-state index < -0.39 is 0 Å². The van der Waals surface area contributed by atoms with Gasteiger partial charge in [0.25, 0.3) is 5.91 Å². The van der Waals surface area contributed by atoms with Crippen LogP contribution in [0.3, 0.4) is 0 Å². The molecule has 1 amide bonds. The van der Waals surface area contributed by atoms with Gasteiger partial charge in [0, 0.05) is 25.2 Å². The monoisotopic (exact) mass is 412 g/mol. The maximum atomic E-state index is 12.6. The lowest BCUT2D eigenvalue weighted by Gasteiger charge is -2.32. The van der Waals surface area contributed by atoms with E-state index in [1.165, 1.54) is 0 Å². The van der Waals surface area contributed by atoms with Crippen LogP contribution in [0, 0.1) is 5.92 Å². The van der Waals surface area contributed by atoms with E-state index in [0.29, 0.717) is 5.92 Å². The molecular formula is C24H24N6O. The fraction of sp³-hybridized carbons (Fsp3) is 0.250. The predicted octanol–water partition coefficient (Wildman–Crippen LogP) is 3.78. The summed E-state index contributed by atoms with van der Waals surface area (Å²) in [5.41, 5.74) is 2.52. The normalized spacial score (nSPS) is 14.6. The van der Waals surface area contributed by atoms with E-state index in [0.717, 1.165) is 60.6 Å². The fourth-order valence-electron chi connectivity index (χ4n) is 4.09. The van der Waals surface area contributed by atoms with Crippen LogP contribution in [0.15, 0.2) is 73.2 Å². The molecule has 7 nitrogen and oxygen atoms in total. The summed E-state index contributed by atoms with van der Waals surface area (Å²) in [6, 6.07) is 19.5. The van der Waals surface area contributed by atoms with Gasteiger partial charge in [-0.15, -0.1) is 0 Å². The number of fused-ring (bicyclic) bond motifs is 1. The van der Waals surface area contributed by atoms with Gasteiger partial charge in [-0.25, -0.2) is 14.6 Å². The third-order valence-electron chi connectivity index (χ3n) is 5.85. The van der Waals surface area contributed by atoms with E-state index in [9.17, 15) is 4.79 Å². The second-order valence-corrected chi connectivity index (χ2v) is 7.83. The molecule has 2 aromatic carbocycles. The molecule has 0 bridgehead atoms. The molecule has 0 atom stereocenters. The van der Waals surface area contributed by atoms with Crippen LogP contribution >= 0.6 is 0 Å². The Hall–Kier alpha value is -3.74. The predicted molar refractivity (Wildman–Crippen MR) is 120 cm³/mol. The zero-order valence-electron chi connectivity index (χ0n) is 17.2. The molecule has 1 fully saturated rings. The summed E-state index contributed by atoms with van der Waals surface area (Å²) >= 11 is 0. The number of hydrogen-bond donors (Lipinski definition) is 1. The number of amides is 1. The van der Waals surface area contributed by atoms with Gasteiger partial charge in [-0.3, -0.25) is 4.79 Å². The summed E-state index contributed by atoms with van der Waals surface area (Å²) in [7, 11) is 0. The molecule has 0 spiro atoms. The maximum Gasteiger partial charge on any atom is 0.253 e. The number of para-hydroxylation sites is 1. The first-order chi connectivity index (χ1) is 15.3. The van der Waals surface area contributed by atoms with Gasteiger partial charge in [0.05, 0.1) is 17.3 Å². The molecule has 5 rings (SSSR count). The molecule has 1 N–H and O–H groups in total. The molecule has 0 aliphatic carbocycles. The van der Waals surface area contributed by atoms with Gasteiger partial charge in [0.15, 0.2) is 5.65 Å². The lowest BCUT2D eigenvalue weighted by molar-refractivity contribution is 0.0695. The number of carbonyl (C=O) groups is 1. The number of rotatable bonds is 5. The molecule has 3 heterocycles. The summed E-state index contributed by atoms with van der Waals surface area (Å²) in [5.74, 6) is 1.42. The number of hydrogen-bond acceptors (Lipinski definition) is 5. The van der Waals surface area contributed by atoms with Gasteiger partial charge < -0.3 is 10.2 Å². The van der Waals surface area contributed by atoms with Crippen molar-refractivity contribution >= 4 is 22.8 Å². The lowest BCUT2D eigenvalue weighted by atomic mass is 9.96. The highest BCUT2D eigenvalue weighted by molar-refractivity contribution is 5.94. The van der Waals surface area contributed by atoms with Crippen LogP contribution in [0.2, 0.25) is 0 Å². The van der Waals surface area contributed by atoms with Crippen LogP contribution in [0.5, 0.6) is 0 Å². The molecule has 0 radical (unpaired) electrons. The van der Waals surface area contributed by atoms with Crippen molar-refractivity contribution in [2.75, 3.05) is 25.0 Å². The Bertz CT molecular complexity index is 1170. The molecule has 1 aliphatic rings. The number of anilines is 1. The summed E-state index contributed by atoms with van der Waals surface area (Å²) in [6.45, 7) is 2.38. The Morgan fingerprint density at radius 3 is 2.42 bits per heavy atom. The summed E-state index contributed by atoms with van der Waals surface area (Å²) in [4.78, 5) is 23.5. The maximum absolute atomic E-state index is 12.6. The number of nitrogens with zero attached hydrogens (tertiary/aromatic N) is 5. The summed E-state index contributed by atoms with van der Waals surface area (Å²) in [6.07, 6.45) is 5.34. The smallest absolute Gasteiger partial charge is 0.253 e. The van der Waals surface area contributed by atoms with E-state index in [4.69, 9.17) is 0 Å². The van der Waals surface area contributed by atoms with E-state index >= 15 is 0 Å². The quantitative estimate of drug-likeness (QED) is 0.540. The Labute approximate surface area is 180 Å². The Balaban J connectivity index is 1.22. The van der Waals surface area contributed by atoms with Crippen molar-refractivity contribution in [3.8, 4) is 5.69 Å². The third-order valence-corrected chi connectivity index (χ3v) is 5.85. The topological polar surface area (TPSA) is 75.9 Å². The van der Waals surface area contributed by atoms with Crippen LogP contribution in [-0.2, 0) is 0 Å². The number of piperidine rings is 1. The zero-order valence-corrected chi connectivity index (χ0v) is 17.2. The van der Waals surface area contributed by atoms with E-state index in [-0.39, 0.29) is 5.91 Å². The standard InChI is InChI=1S/C24H24N6O/c31-24(19-7-3-1-4-8-19)29-13-11-18(12-14-29)15-25-22-21-16-28-30(23(21)27-17-26-22)20-9-5-2-6-10-20/h1-10,16-18H,11-15H2,(H,25,26,27). The highest BCUT2D eigenvalue weighted by Crippen LogP contribution is 2.24. The van der Waals surface area contributed by atoms with Crippen LogP contribution in [0.25, 0.3) is 16.7 Å². The SMILES string of the molecule is O=C(c1ccccc1)N1CCC(CNc2ncnc3c2cnn3-c2ccccc2)CC1. The van der Waals surface area contributed by atoms with Crippen molar-refractivity contribution < 1.29 is 4.79 Å². The van der Waals surface area contributed by atoms with Crippen molar-refractivity contribution in [1.82, 2.24) is 24.6 Å². The molecular weight excluding hydrogens is 388 g/mol. The Morgan fingerprint density at radius 2 is 1.68 bits per heavy atom. The third kappa shape index (κ3) is 3.99. The van der Waals surface area contributed by atoms with Gasteiger partial charge in [-0.2, -0.15) is 5.10 Å². The first kappa shape index (κ1) is 19.2. The van der Waals surface area contributed by atoms with Crippen molar-refractivity contribution in [1.29, 1.82) is 0 Å². The van der Waals surface area contributed by atoms with Crippen LogP contribution < -0.4 is 5.32 Å². The molecule has 31 heavy (non-hydrogen) atoms. The van der Waals surface area contributed by atoms with Crippen LogP contribution in [0.1, 0.15) is 23.2 Å². The number of likely N-dealkylation sites (tertiary alicyclic amines) is 1. The van der Waals surface area contributed by atoms with Gasteiger partial charge >= 0.3 is 0 Å². The average Bonchev–Trinajstić information content (AvgIpc) is 3.29. The van der Waals surface area contributed by atoms with Gasteiger partial charge in [-0.05, 0) is 43.0 Å². The number of carbonyl (C=O) groups excluding carboxylic acids is 1. The highest BCUT2D eigenvalue weighted by Gasteiger charge is 2.23. The molecule has 4 aromatic rings. The number of benzene rings is 2. The van der Waals surface area contributed by atoms with Crippen molar-refractivity contribution in [3.05, 3.63) is 78.8 Å². The van der Waals surface area contributed by atoms with E-state index in [2.05, 4.69) is 20.4 Å². The second kappa shape index (κ2) is 8.55. The number of aromatic nitrogens is 4. The minimum absolute atomic E-state index is 0.123. The largest absolute Gasteiger partial charge is 0.369 e. The first-order valence-corrected chi connectivity index (χ1v) is 10.6. The highest BCUT2D eigenvalue weighted by atomic mass is 16.2. The van der Waals surface area contributed by atoms with Gasteiger partial charge in [-0.1, -0.05) is 36.4 Å². The lowest BCUT2D eigenvalue weighted by Crippen LogP contribution is -2.39. The van der Waals surface area contributed by atoms with Crippen LogP contribution in [0.4, 0.5) is 5.82 Å². The molecule has 156 valence electrons. The molecule has 7 heteroatoms. The van der Waals surface area contributed by atoms with Crippen molar-refractivity contribution in [2.45, 2.75) is 12.8 Å². The Kier molecular flexibility index (Phi) is 5.31. The number of nitrogens with one attached hydrogen (secondary N) is 1. The molecule has 0 saturated carbocycles. The van der Waals surface area contributed by atoms with Crippen molar-refractivity contribution in [2.24, 2.45) is 5.92 Å². The van der Waals surface area contributed by atoms with Gasteiger partial charge in [0.1, 0.15) is 12.1 Å². The van der Waals surface area contributed by atoms with Crippen LogP contribution in [-0.4, -0.2) is 50.2 Å². The molecule has 1 saturated heterocycles. The first-order valence-electron chi connectivity index (χ1n) is 10.6. The van der Waals surface area contributed by atoms with Gasteiger partial charge in [0.2, 0.25) is 0 Å². The fourth-order valence-corrected chi connectivity index (χ4v) is 4.09. The molecule has 2 aromatic heterocycles. The minimum atomic E-state index is 0.123. The van der Waals surface area contributed by atoms with E-state index in [1.807, 2.05) is 76.4 Å². The second-order valence-electron chi connectivity index (χ2n) is 7.83. The average molecular weight is 412 g/mol. The molecule has 1 aliphatic heterocycles. The van der Waals surface area contributed by atoms with E-state index in [1.54, 1.807) is 6.33 Å². The minimum Gasteiger partial charge on any atom is -0.369 e. The summed E-state index contributed by atoms with van der Waals surface area (Å²) in [5, 5.41) is 8.90. The summed E-state index contributed by atoms with van der Waals surface area (Å²) < 4.78 is 1.83. The molecule has 0 unspecified atom stereocenters. The zero-order chi connectivity index (χ0) is 21.0.